The van der Waals surface area contributed by atoms with Gasteiger partial charge in [0.25, 0.3) is 0 Å². The van der Waals surface area contributed by atoms with Crippen LogP contribution in [0, 0.1) is 11.8 Å². The van der Waals surface area contributed by atoms with Gasteiger partial charge >= 0.3 is 0 Å². The highest BCUT2D eigenvalue weighted by Gasteiger charge is 2.38. The molecular formula is C20H34N2O4S. The minimum absolute atomic E-state index is 0.0540. The molecule has 7 heteroatoms. The topological polar surface area (TPSA) is 74.8 Å². The smallest absolute Gasteiger partial charge is 0.225 e. The summed E-state index contributed by atoms with van der Waals surface area (Å²) in [4.78, 5) is 29.6. The van der Waals surface area contributed by atoms with Gasteiger partial charge < -0.3 is 9.80 Å². The standard InChI is InChI=1S/C20H34N2O4S/c1-3-17-6-4-5-12-22(17)20(24)16-9-7-15(8-10-16)19(23)21(2)18-11-13-27(25,26)14-18/h15-18H,3-14H2,1-2H3. The summed E-state index contributed by atoms with van der Waals surface area (Å²) in [6.07, 6.45) is 8.04. The van der Waals surface area contributed by atoms with Crippen LogP contribution in [0.15, 0.2) is 0 Å². The van der Waals surface area contributed by atoms with E-state index in [-0.39, 0.29) is 35.3 Å². The zero-order valence-electron chi connectivity index (χ0n) is 16.7. The Morgan fingerprint density at radius 3 is 2.26 bits per heavy atom. The number of hydrogen-bond donors (Lipinski definition) is 0. The Kier molecular flexibility index (Phi) is 6.49. The number of carbonyl (C=O) groups is 2. The van der Waals surface area contributed by atoms with E-state index in [1.165, 1.54) is 6.42 Å². The molecule has 2 aliphatic heterocycles. The molecule has 3 aliphatic rings. The van der Waals surface area contributed by atoms with Gasteiger partial charge in [-0.25, -0.2) is 8.42 Å². The molecule has 27 heavy (non-hydrogen) atoms. The highest BCUT2D eigenvalue weighted by Crippen LogP contribution is 2.33. The van der Waals surface area contributed by atoms with E-state index in [1.54, 1.807) is 11.9 Å². The summed E-state index contributed by atoms with van der Waals surface area (Å²) < 4.78 is 23.4. The summed E-state index contributed by atoms with van der Waals surface area (Å²) >= 11 is 0. The van der Waals surface area contributed by atoms with Crippen molar-refractivity contribution in [2.45, 2.75) is 76.8 Å². The molecule has 3 rings (SSSR count). The van der Waals surface area contributed by atoms with Crippen molar-refractivity contribution >= 4 is 21.7 Å². The van der Waals surface area contributed by atoms with Gasteiger partial charge in [0, 0.05) is 37.5 Å². The molecule has 0 aromatic rings. The fourth-order valence-corrected chi connectivity index (χ4v) is 6.86. The fourth-order valence-electron chi connectivity index (χ4n) is 5.09. The SMILES string of the molecule is CCC1CCCCN1C(=O)C1CCC(C(=O)N(C)C2CCS(=O)(=O)C2)CC1. The lowest BCUT2D eigenvalue weighted by atomic mass is 9.80. The Labute approximate surface area is 163 Å². The largest absolute Gasteiger partial charge is 0.341 e. The predicted molar refractivity (Wildman–Crippen MR) is 105 cm³/mol. The molecule has 0 bridgehead atoms. The van der Waals surface area contributed by atoms with Crippen LogP contribution >= 0.6 is 0 Å². The number of sulfone groups is 1. The summed E-state index contributed by atoms with van der Waals surface area (Å²) in [5.41, 5.74) is 0. The minimum atomic E-state index is -2.99. The van der Waals surface area contributed by atoms with Crippen LogP contribution in [0.5, 0.6) is 0 Å². The second-order valence-corrected chi connectivity index (χ2v) is 10.9. The number of rotatable bonds is 4. The summed E-state index contributed by atoms with van der Waals surface area (Å²) in [6.45, 7) is 3.04. The molecule has 0 N–H and O–H groups in total. The average molecular weight is 399 g/mol. The molecule has 2 amide bonds. The molecule has 0 aromatic heterocycles. The van der Waals surface area contributed by atoms with Crippen LogP contribution in [0.2, 0.25) is 0 Å². The van der Waals surface area contributed by atoms with E-state index in [4.69, 9.17) is 0 Å². The summed E-state index contributed by atoms with van der Waals surface area (Å²) in [7, 11) is -1.25. The van der Waals surface area contributed by atoms with Crippen molar-refractivity contribution in [2.24, 2.45) is 11.8 Å². The zero-order chi connectivity index (χ0) is 19.6. The second-order valence-electron chi connectivity index (χ2n) is 8.64. The Bertz CT molecular complexity index is 655. The maximum atomic E-state index is 13.0. The lowest BCUT2D eigenvalue weighted by molar-refractivity contribution is -0.144. The molecule has 2 unspecified atom stereocenters. The summed E-state index contributed by atoms with van der Waals surface area (Å²) in [6, 6.07) is 0.210. The predicted octanol–water partition coefficient (Wildman–Crippen LogP) is 2.23. The third-order valence-electron chi connectivity index (χ3n) is 6.91. The summed E-state index contributed by atoms with van der Waals surface area (Å²) in [5, 5.41) is 0. The van der Waals surface area contributed by atoms with Gasteiger partial charge in [0.2, 0.25) is 11.8 Å². The Morgan fingerprint density at radius 2 is 1.67 bits per heavy atom. The van der Waals surface area contributed by atoms with E-state index in [1.807, 2.05) is 0 Å². The van der Waals surface area contributed by atoms with Crippen molar-refractivity contribution in [3.63, 3.8) is 0 Å². The number of piperidine rings is 1. The first-order valence-corrected chi connectivity index (χ1v) is 12.4. The van der Waals surface area contributed by atoms with E-state index in [2.05, 4.69) is 11.8 Å². The van der Waals surface area contributed by atoms with Crippen LogP contribution in [-0.4, -0.2) is 67.2 Å². The molecule has 3 fully saturated rings. The zero-order valence-corrected chi connectivity index (χ0v) is 17.5. The molecular weight excluding hydrogens is 364 g/mol. The number of carbonyl (C=O) groups excluding carboxylic acids is 2. The fraction of sp³-hybridized carbons (Fsp3) is 0.900. The van der Waals surface area contributed by atoms with Crippen LogP contribution in [0.1, 0.15) is 64.7 Å². The number of likely N-dealkylation sites (tertiary alicyclic amines) is 1. The van der Waals surface area contributed by atoms with E-state index >= 15 is 0 Å². The monoisotopic (exact) mass is 398 g/mol. The Balaban J connectivity index is 1.52. The minimum Gasteiger partial charge on any atom is -0.341 e. The second kappa shape index (κ2) is 8.50. The first kappa shape index (κ1) is 20.6. The third-order valence-corrected chi connectivity index (χ3v) is 8.66. The molecule has 1 aliphatic carbocycles. The highest BCUT2D eigenvalue weighted by atomic mass is 32.2. The lowest BCUT2D eigenvalue weighted by Crippen LogP contribution is -2.47. The number of nitrogens with zero attached hydrogens (tertiary/aromatic N) is 2. The van der Waals surface area contributed by atoms with Gasteiger partial charge in [0.05, 0.1) is 11.5 Å². The highest BCUT2D eigenvalue weighted by molar-refractivity contribution is 7.91. The van der Waals surface area contributed by atoms with Crippen LogP contribution in [0.4, 0.5) is 0 Å². The maximum Gasteiger partial charge on any atom is 0.225 e. The quantitative estimate of drug-likeness (QED) is 0.728. The molecule has 0 spiro atoms. The van der Waals surface area contributed by atoms with E-state index in [9.17, 15) is 18.0 Å². The van der Waals surface area contributed by atoms with Gasteiger partial charge in [-0.2, -0.15) is 0 Å². The Hall–Kier alpha value is -1.11. The average Bonchev–Trinajstić information content (AvgIpc) is 3.06. The van der Waals surface area contributed by atoms with Gasteiger partial charge in [-0.05, 0) is 57.8 Å². The van der Waals surface area contributed by atoms with Crippen molar-refractivity contribution in [1.82, 2.24) is 9.80 Å². The Morgan fingerprint density at radius 1 is 1.00 bits per heavy atom. The van der Waals surface area contributed by atoms with Crippen molar-refractivity contribution in [1.29, 1.82) is 0 Å². The molecule has 154 valence electrons. The van der Waals surface area contributed by atoms with Crippen molar-refractivity contribution < 1.29 is 18.0 Å². The van der Waals surface area contributed by atoms with Crippen LogP contribution in [0.3, 0.4) is 0 Å². The van der Waals surface area contributed by atoms with Crippen LogP contribution in [0.25, 0.3) is 0 Å². The van der Waals surface area contributed by atoms with Crippen molar-refractivity contribution in [2.75, 3.05) is 25.1 Å². The number of hydrogen-bond acceptors (Lipinski definition) is 4. The van der Waals surface area contributed by atoms with E-state index in [0.717, 1.165) is 51.5 Å². The molecule has 2 heterocycles. The molecule has 0 aromatic carbocycles. The molecule has 0 radical (unpaired) electrons. The number of amides is 2. The van der Waals surface area contributed by atoms with Gasteiger partial charge in [-0.15, -0.1) is 0 Å². The van der Waals surface area contributed by atoms with Crippen molar-refractivity contribution in [3.8, 4) is 0 Å². The normalized spacial score (nSPS) is 33.6. The van der Waals surface area contributed by atoms with E-state index < -0.39 is 9.84 Å². The molecule has 6 nitrogen and oxygen atoms in total. The molecule has 2 saturated heterocycles. The van der Waals surface area contributed by atoms with Crippen LogP contribution in [-0.2, 0) is 19.4 Å². The van der Waals surface area contributed by atoms with Crippen molar-refractivity contribution in [3.05, 3.63) is 0 Å². The van der Waals surface area contributed by atoms with Gasteiger partial charge in [-0.3, -0.25) is 9.59 Å². The lowest BCUT2D eigenvalue weighted by Gasteiger charge is -2.39. The van der Waals surface area contributed by atoms with Crippen LogP contribution < -0.4 is 0 Å². The maximum absolute atomic E-state index is 13.0. The third kappa shape index (κ3) is 4.66. The molecule has 2 atom stereocenters. The van der Waals surface area contributed by atoms with Gasteiger partial charge in [-0.1, -0.05) is 6.92 Å². The van der Waals surface area contributed by atoms with Gasteiger partial charge in [0.1, 0.15) is 0 Å². The molecule has 1 saturated carbocycles. The summed E-state index contributed by atoms with van der Waals surface area (Å²) in [5.74, 6) is 0.626. The van der Waals surface area contributed by atoms with E-state index in [0.29, 0.717) is 18.4 Å². The first-order valence-electron chi connectivity index (χ1n) is 10.6. The van der Waals surface area contributed by atoms with Gasteiger partial charge in [0.15, 0.2) is 9.84 Å². The first-order chi connectivity index (χ1) is 12.8.